The van der Waals surface area contributed by atoms with E-state index in [4.69, 9.17) is 0 Å². The van der Waals surface area contributed by atoms with E-state index in [1.54, 1.807) is 6.33 Å². The van der Waals surface area contributed by atoms with Crippen LogP contribution in [0.25, 0.3) is 27.5 Å². The number of fused-ring (bicyclic) bond motifs is 2. The van der Waals surface area contributed by atoms with Gasteiger partial charge in [-0.3, -0.25) is 0 Å². The summed E-state index contributed by atoms with van der Waals surface area (Å²) in [6, 6.07) is 6.03. The van der Waals surface area contributed by atoms with Crippen molar-refractivity contribution in [2.24, 2.45) is 0 Å². The Morgan fingerprint density at radius 2 is 2.07 bits per heavy atom. The van der Waals surface area contributed by atoms with E-state index in [1.807, 2.05) is 29.1 Å². The van der Waals surface area contributed by atoms with Gasteiger partial charge in [-0.05, 0) is 18.2 Å². The van der Waals surface area contributed by atoms with Gasteiger partial charge in [-0.1, -0.05) is 0 Å². The number of hydrogen-bond donors (Lipinski definition) is 0. The van der Waals surface area contributed by atoms with Gasteiger partial charge >= 0.3 is 0 Å². The van der Waals surface area contributed by atoms with Crippen LogP contribution in [0.1, 0.15) is 0 Å². The van der Waals surface area contributed by atoms with Crippen molar-refractivity contribution in [3.63, 3.8) is 0 Å². The minimum absolute atomic E-state index is 0.911. The van der Waals surface area contributed by atoms with Crippen molar-refractivity contribution >= 4 is 27.5 Å². The molecule has 0 amide bonds. The summed E-state index contributed by atoms with van der Waals surface area (Å²) >= 11 is 0. The lowest BCUT2D eigenvalue weighted by molar-refractivity contribution is 1.16. The SMILES string of the molecule is c1cc2c3ncnc3cc3ncn(c1)c32. The van der Waals surface area contributed by atoms with Gasteiger partial charge < -0.3 is 4.40 Å². The van der Waals surface area contributed by atoms with E-state index in [-0.39, 0.29) is 0 Å². The van der Waals surface area contributed by atoms with Crippen molar-refractivity contribution in [1.29, 1.82) is 0 Å². The number of aromatic nitrogens is 4. The Bertz CT molecular complexity index is 771. The van der Waals surface area contributed by atoms with Gasteiger partial charge in [0.2, 0.25) is 0 Å². The van der Waals surface area contributed by atoms with E-state index in [0.717, 1.165) is 27.5 Å². The zero-order chi connectivity index (χ0) is 9.83. The van der Waals surface area contributed by atoms with Crippen LogP contribution in [0.5, 0.6) is 0 Å². The fraction of sp³-hybridized carbons (Fsp3) is 0. The highest BCUT2D eigenvalue weighted by Gasteiger charge is 2.09. The third-order valence-electron chi connectivity index (χ3n) is 2.74. The van der Waals surface area contributed by atoms with E-state index in [2.05, 4.69) is 21.0 Å². The zero-order valence-corrected chi connectivity index (χ0v) is 7.75. The summed E-state index contributed by atoms with van der Waals surface area (Å²) in [6.45, 7) is 0. The fourth-order valence-corrected chi connectivity index (χ4v) is 2.09. The highest BCUT2D eigenvalue weighted by Crippen LogP contribution is 2.26. The first-order valence-corrected chi connectivity index (χ1v) is 4.72. The number of nitrogens with zero attached hydrogens (tertiary/aromatic N) is 4. The molecule has 3 heterocycles. The number of benzene rings is 1. The van der Waals surface area contributed by atoms with Crippen LogP contribution >= 0.6 is 0 Å². The van der Waals surface area contributed by atoms with Crippen LogP contribution in [0.3, 0.4) is 0 Å². The van der Waals surface area contributed by atoms with Crippen LogP contribution in [-0.4, -0.2) is 19.4 Å². The molecule has 3 aromatic heterocycles. The second-order valence-electron chi connectivity index (χ2n) is 3.56. The number of hydrogen-bond acceptors (Lipinski definition) is 3. The van der Waals surface area contributed by atoms with E-state index in [0.29, 0.717) is 0 Å². The molecule has 0 aliphatic heterocycles. The summed E-state index contributed by atoms with van der Waals surface area (Å²) in [5.74, 6) is 0. The van der Waals surface area contributed by atoms with Crippen LogP contribution < -0.4 is 0 Å². The first-order valence-electron chi connectivity index (χ1n) is 4.72. The van der Waals surface area contributed by atoms with Gasteiger partial charge in [0, 0.05) is 11.6 Å². The molecule has 0 unspecified atom stereocenters. The van der Waals surface area contributed by atoms with Gasteiger partial charge in [0.1, 0.15) is 11.8 Å². The third kappa shape index (κ3) is 0.747. The van der Waals surface area contributed by atoms with E-state index in [9.17, 15) is 0 Å². The predicted octanol–water partition coefficient (Wildman–Crippen LogP) is 1.87. The molecule has 4 heteroatoms. The summed E-state index contributed by atoms with van der Waals surface area (Å²) in [5, 5.41) is 1.11. The maximum absolute atomic E-state index is 4.34. The minimum atomic E-state index is 0.911. The average Bonchev–Trinajstić information content (AvgIpc) is 2.87. The minimum Gasteiger partial charge on any atom is -0.305 e. The van der Waals surface area contributed by atoms with Crippen LogP contribution in [0.15, 0.2) is 37.1 Å². The molecule has 0 spiro atoms. The lowest BCUT2D eigenvalue weighted by Gasteiger charge is -1.99. The van der Waals surface area contributed by atoms with E-state index in [1.165, 1.54) is 0 Å². The Morgan fingerprint density at radius 3 is 3.07 bits per heavy atom. The first-order chi connectivity index (χ1) is 7.43. The van der Waals surface area contributed by atoms with Crippen molar-refractivity contribution in [2.45, 2.75) is 0 Å². The normalized spacial score (nSPS) is 12.0. The average molecular weight is 194 g/mol. The van der Waals surface area contributed by atoms with Gasteiger partial charge in [-0.2, -0.15) is 0 Å². The lowest BCUT2D eigenvalue weighted by Crippen LogP contribution is -1.83. The van der Waals surface area contributed by atoms with Crippen LogP contribution in [0, 0.1) is 0 Å². The summed E-state index contributed by atoms with van der Waals surface area (Å²) in [7, 11) is 0. The quantitative estimate of drug-likeness (QED) is 0.429. The largest absolute Gasteiger partial charge is 0.305 e. The van der Waals surface area contributed by atoms with Gasteiger partial charge in [0.05, 0.1) is 22.9 Å². The van der Waals surface area contributed by atoms with Crippen molar-refractivity contribution in [1.82, 2.24) is 19.4 Å². The molecule has 4 aromatic rings. The molecule has 0 saturated carbocycles. The van der Waals surface area contributed by atoms with Gasteiger partial charge in [0.25, 0.3) is 0 Å². The van der Waals surface area contributed by atoms with Crippen LogP contribution in [-0.2, 0) is 0 Å². The molecular weight excluding hydrogens is 188 g/mol. The number of imidazole rings is 2. The molecule has 15 heavy (non-hydrogen) atoms. The second-order valence-corrected chi connectivity index (χ2v) is 3.56. The number of pyridine rings is 1. The molecule has 70 valence electrons. The third-order valence-corrected chi connectivity index (χ3v) is 2.74. The molecule has 1 aromatic carbocycles. The molecule has 4 rings (SSSR count). The lowest BCUT2D eigenvalue weighted by atomic mass is 10.1. The van der Waals surface area contributed by atoms with Crippen molar-refractivity contribution < 1.29 is 0 Å². The molecule has 0 bridgehead atoms. The highest BCUT2D eigenvalue weighted by molar-refractivity contribution is 6.10. The maximum Gasteiger partial charge on any atom is 0.116 e. The molecule has 0 atom stereocenters. The molecule has 0 aliphatic rings. The van der Waals surface area contributed by atoms with Gasteiger partial charge in [0.15, 0.2) is 0 Å². The monoisotopic (exact) mass is 194 g/mol. The van der Waals surface area contributed by atoms with Crippen LogP contribution in [0.2, 0.25) is 0 Å². The molecule has 0 saturated heterocycles. The van der Waals surface area contributed by atoms with Crippen molar-refractivity contribution in [3.05, 3.63) is 37.1 Å². The Morgan fingerprint density at radius 1 is 1.07 bits per heavy atom. The second kappa shape index (κ2) is 2.23. The summed E-state index contributed by atoms with van der Waals surface area (Å²) in [5.41, 5.74) is 3.95. The maximum atomic E-state index is 4.34. The highest BCUT2D eigenvalue weighted by atomic mass is 15.0. The summed E-state index contributed by atoms with van der Waals surface area (Å²) < 4.78 is 2.01. The Labute approximate surface area is 84.6 Å². The predicted molar refractivity (Wildman–Crippen MR) is 57.0 cm³/mol. The van der Waals surface area contributed by atoms with E-state index < -0.39 is 0 Å². The molecule has 0 fully saturated rings. The standard InChI is InChI=1S/C11H6N4/c1-2-7-10-8(12-5-13-10)4-9-11(7)15(3-1)6-14-9/h1-6H. The number of rotatable bonds is 0. The topological polar surface area (TPSA) is 43.1 Å². The first kappa shape index (κ1) is 7.11. The van der Waals surface area contributed by atoms with Crippen molar-refractivity contribution in [2.75, 3.05) is 0 Å². The van der Waals surface area contributed by atoms with Gasteiger partial charge in [-0.15, -0.1) is 0 Å². The zero-order valence-electron chi connectivity index (χ0n) is 7.75. The van der Waals surface area contributed by atoms with Crippen LogP contribution in [0.4, 0.5) is 0 Å². The van der Waals surface area contributed by atoms with E-state index >= 15 is 0 Å². The molecule has 0 N–H and O–H groups in total. The summed E-state index contributed by atoms with van der Waals surface area (Å²) in [6.07, 6.45) is 5.40. The Balaban J connectivity index is 2.51. The fourth-order valence-electron chi connectivity index (χ4n) is 2.09. The molecular formula is C11H6N4. The molecule has 0 aliphatic carbocycles. The smallest absolute Gasteiger partial charge is 0.116 e. The Kier molecular flexibility index (Phi) is 1.06. The summed E-state index contributed by atoms with van der Waals surface area (Å²) in [4.78, 5) is 12.8. The molecule has 0 radical (unpaired) electrons. The Hall–Kier alpha value is -2.23. The molecule has 4 nitrogen and oxygen atoms in total. The van der Waals surface area contributed by atoms with Crippen molar-refractivity contribution in [3.8, 4) is 0 Å². The van der Waals surface area contributed by atoms with Gasteiger partial charge in [-0.25, -0.2) is 15.0 Å².